The highest BCUT2D eigenvalue weighted by atomic mass is 16.5. The number of benzene rings is 1. The molecule has 0 amide bonds. The Kier molecular flexibility index (Phi) is 5.84. The molecule has 0 saturated heterocycles. The Hall–Kier alpha value is -2.08. The lowest BCUT2D eigenvalue weighted by atomic mass is 10.0. The van der Waals surface area contributed by atoms with Crippen molar-refractivity contribution in [1.29, 1.82) is 0 Å². The van der Waals surface area contributed by atoms with Crippen LogP contribution in [-0.2, 0) is 9.53 Å². The summed E-state index contributed by atoms with van der Waals surface area (Å²) in [5, 5.41) is 0. The second-order valence-corrected chi connectivity index (χ2v) is 3.70. The van der Waals surface area contributed by atoms with Gasteiger partial charge in [-0.1, -0.05) is 0 Å². The van der Waals surface area contributed by atoms with Crippen LogP contribution >= 0.6 is 0 Å². The van der Waals surface area contributed by atoms with E-state index in [0.29, 0.717) is 22.5 Å². The predicted molar refractivity (Wildman–Crippen MR) is 72.7 cm³/mol. The van der Waals surface area contributed by atoms with Crippen molar-refractivity contribution < 1.29 is 15.8 Å². The molecular formula is C12H21N3O3. The molecule has 0 aromatic heterocycles. The highest BCUT2D eigenvalue weighted by Crippen LogP contribution is 2.21. The van der Waals surface area contributed by atoms with Crippen LogP contribution in [0.4, 0.5) is 11.4 Å². The van der Waals surface area contributed by atoms with Gasteiger partial charge in [0, 0.05) is 6.99 Å². The van der Waals surface area contributed by atoms with Gasteiger partial charge >= 0.3 is 5.97 Å². The van der Waals surface area contributed by atoms with Gasteiger partial charge in [-0.25, -0.2) is 0 Å². The summed E-state index contributed by atoms with van der Waals surface area (Å²) in [6.07, 6.45) is -0.280. The number of hydrogen-bond donors (Lipinski definition) is 3. The van der Waals surface area contributed by atoms with Crippen LogP contribution in [0.3, 0.4) is 0 Å². The molecular weight excluding hydrogens is 234 g/mol. The van der Waals surface area contributed by atoms with Crippen molar-refractivity contribution in [1.82, 2.24) is 6.15 Å². The summed E-state index contributed by atoms with van der Waals surface area (Å²) in [5.41, 5.74) is 13.1. The van der Waals surface area contributed by atoms with Crippen molar-refractivity contribution in [3.8, 4) is 0 Å². The predicted octanol–water partition coefficient (Wildman–Crippen LogP) is 1.70. The first-order valence-electron chi connectivity index (χ1n) is 5.30. The Labute approximate surface area is 107 Å². The topological polar surface area (TPSA) is 130 Å². The van der Waals surface area contributed by atoms with Gasteiger partial charge in [-0.15, -0.1) is 0 Å². The Morgan fingerprint density at radius 1 is 1.28 bits per heavy atom. The molecule has 0 aliphatic rings. The fourth-order valence-corrected chi connectivity index (χ4v) is 1.49. The van der Waals surface area contributed by atoms with Gasteiger partial charge in [0.25, 0.3) is 0 Å². The minimum absolute atomic E-state index is 0. The van der Waals surface area contributed by atoms with Crippen molar-refractivity contribution in [3.05, 3.63) is 23.3 Å². The van der Waals surface area contributed by atoms with E-state index in [1.54, 1.807) is 19.9 Å². The summed E-state index contributed by atoms with van der Waals surface area (Å²) in [4.78, 5) is 23.0. The first-order chi connectivity index (χ1) is 7.95. The number of Topliss-reactive ketones (excluding diaryl/α,β-unsaturated/α-hetero) is 1. The second kappa shape index (κ2) is 6.61. The summed E-state index contributed by atoms with van der Waals surface area (Å²) in [5.74, 6) is -0.847. The second-order valence-electron chi connectivity index (χ2n) is 3.70. The largest absolute Gasteiger partial charge is 0.466 e. The number of hydrogen-bond acceptors (Lipinski definition) is 6. The minimum atomic E-state index is -0.535. The average Bonchev–Trinajstić information content (AvgIpc) is 2.23. The number of aryl methyl sites for hydroxylation is 1. The van der Waals surface area contributed by atoms with Crippen molar-refractivity contribution in [2.24, 2.45) is 0 Å². The molecule has 1 aromatic rings. The van der Waals surface area contributed by atoms with E-state index in [-0.39, 0.29) is 26.4 Å². The van der Waals surface area contributed by atoms with Gasteiger partial charge in [-0.05, 0) is 31.5 Å². The fourth-order valence-electron chi connectivity index (χ4n) is 1.49. The zero-order valence-corrected chi connectivity index (χ0v) is 10.7. The molecule has 0 fully saturated rings. The van der Waals surface area contributed by atoms with Gasteiger partial charge in [-0.3, -0.25) is 9.59 Å². The number of rotatable bonds is 4. The maximum absolute atomic E-state index is 11.8. The fraction of sp³-hybridized carbons (Fsp3) is 0.333. The zero-order valence-electron chi connectivity index (χ0n) is 10.7. The molecule has 6 nitrogen and oxygen atoms in total. The maximum atomic E-state index is 11.8. The summed E-state index contributed by atoms with van der Waals surface area (Å²) in [6, 6.07) is 3.11. The normalized spacial score (nSPS) is 9.44. The molecule has 18 heavy (non-hydrogen) atoms. The third kappa shape index (κ3) is 3.74. The monoisotopic (exact) mass is 255 g/mol. The molecule has 0 aliphatic heterocycles. The number of anilines is 2. The van der Waals surface area contributed by atoms with Crippen LogP contribution in [0.15, 0.2) is 12.1 Å². The van der Waals surface area contributed by atoms with E-state index >= 15 is 0 Å². The van der Waals surface area contributed by atoms with E-state index in [9.17, 15) is 9.59 Å². The third-order valence-electron chi connectivity index (χ3n) is 2.34. The number of ether oxygens (including phenoxy) is 1. The van der Waals surface area contributed by atoms with Crippen molar-refractivity contribution in [3.63, 3.8) is 0 Å². The van der Waals surface area contributed by atoms with Crippen molar-refractivity contribution in [2.75, 3.05) is 18.1 Å². The summed E-state index contributed by atoms with van der Waals surface area (Å²) >= 11 is 0. The Morgan fingerprint density at radius 2 is 1.83 bits per heavy atom. The quantitative estimate of drug-likeness (QED) is 0.325. The van der Waals surface area contributed by atoms with Crippen molar-refractivity contribution >= 4 is 23.1 Å². The van der Waals surface area contributed by atoms with E-state index in [1.807, 2.05) is 0 Å². The first-order valence-corrected chi connectivity index (χ1v) is 5.30. The highest BCUT2D eigenvalue weighted by molar-refractivity contribution is 6.07. The molecule has 0 unspecified atom stereocenters. The molecule has 0 radical (unpaired) electrons. The van der Waals surface area contributed by atoms with Gasteiger partial charge in [0.15, 0.2) is 5.78 Å². The molecule has 7 N–H and O–H groups in total. The van der Waals surface area contributed by atoms with Gasteiger partial charge in [-0.2, -0.15) is 0 Å². The Morgan fingerprint density at radius 3 is 2.39 bits per heavy atom. The Bertz CT molecular complexity index is 464. The lowest BCUT2D eigenvalue weighted by Crippen LogP contribution is -2.13. The molecule has 0 spiro atoms. The molecule has 6 heteroatoms. The number of carbonyl (C=O) groups is 2. The molecule has 0 saturated carbocycles. The summed E-state index contributed by atoms with van der Waals surface area (Å²) in [7, 11) is 0. The van der Waals surface area contributed by atoms with Crippen LogP contribution in [0.1, 0.15) is 30.7 Å². The number of nitrogen functional groups attached to an aromatic ring is 2. The molecule has 0 bridgehead atoms. The molecule has 102 valence electrons. The Balaban J connectivity index is 0. The van der Waals surface area contributed by atoms with Crippen LogP contribution in [-0.4, -0.2) is 18.4 Å². The van der Waals surface area contributed by atoms with E-state index < -0.39 is 5.97 Å². The smallest absolute Gasteiger partial charge is 0.313 e. The van der Waals surface area contributed by atoms with Crippen LogP contribution in [0.5, 0.6) is 0 Å². The van der Waals surface area contributed by atoms with E-state index in [4.69, 9.17) is 16.2 Å². The molecule has 0 heterocycles. The number of ketones is 1. The minimum Gasteiger partial charge on any atom is -0.466 e. The number of carbonyl (C=O) groups excluding carboxylic acids is 2. The van der Waals surface area contributed by atoms with Crippen LogP contribution in [0, 0.1) is 6.92 Å². The summed E-state index contributed by atoms with van der Waals surface area (Å²) < 4.78 is 4.71. The molecule has 1 aromatic carbocycles. The van der Waals surface area contributed by atoms with E-state index in [0.717, 1.165) is 0 Å². The van der Waals surface area contributed by atoms with Crippen LogP contribution < -0.4 is 17.6 Å². The molecule has 0 aliphatic carbocycles. The van der Waals surface area contributed by atoms with E-state index in [2.05, 4.69) is 0 Å². The SMILES string of the molecule is CCOC(=O)CC(=O)c1cc(N)c(N)cc1C.N.[HH]. The molecule has 1 rings (SSSR count). The van der Waals surface area contributed by atoms with Gasteiger partial charge < -0.3 is 22.4 Å². The lowest BCUT2D eigenvalue weighted by Gasteiger charge is -2.08. The van der Waals surface area contributed by atoms with E-state index in [1.165, 1.54) is 6.07 Å². The number of esters is 1. The van der Waals surface area contributed by atoms with Gasteiger partial charge in [0.2, 0.25) is 0 Å². The van der Waals surface area contributed by atoms with Crippen LogP contribution in [0.25, 0.3) is 0 Å². The molecule has 0 atom stereocenters. The van der Waals surface area contributed by atoms with Gasteiger partial charge in [0.05, 0.1) is 18.0 Å². The lowest BCUT2D eigenvalue weighted by molar-refractivity contribution is -0.141. The highest BCUT2D eigenvalue weighted by Gasteiger charge is 2.15. The summed E-state index contributed by atoms with van der Waals surface area (Å²) in [6.45, 7) is 3.69. The third-order valence-corrected chi connectivity index (χ3v) is 2.34. The van der Waals surface area contributed by atoms with Crippen molar-refractivity contribution in [2.45, 2.75) is 20.3 Å². The average molecular weight is 255 g/mol. The first kappa shape index (κ1) is 15.9. The van der Waals surface area contributed by atoms with Gasteiger partial charge in [0.1, 0.15) is 6.42 Å². The zero-order chi connectivity index (χ0) is 13.0. The number of nitrogens with two attached hydrogens (primary N) is 2. The maximum Gasteiger partial charge on any atom is 0.313 e. The van der Waals surface area contributed by atoms with Crippen LogP contribution in [0.2, 0.25) is 0 Å². The standard InChI is InChI=1S/C12H16N2O3.H3N.H2/c1-3-17-12(16)6-11(15)8-5-10(14)9(13)4-7(8)2;;/h4-5H,3,6,13-14H2,1-2H3;1H3;1H.